The molecular weight excluding hydrogens is 597 g/mol. The first-order valence-corrected chi connectivity index (χ1v) is 15.9. The van der Waals surface area contributed by atoms with Crippen LogP contribution in [0.1, 0.15) is 44.7 Å². The van der Waals surface area contributed by atoms with Crippen LogP contribution in [0.25, 0.3) is 0 Å². The summed E-state index contributed by atoms with van der Waals surface area (Å²) in [5, 5.41) is 3.60. The average Bonchev–Trinajstić information content (AvgIpc) is 2.97. The van der Waals surface area contributed by atoms with Crippen LogP contribution in [0.2, 0.25) is 10.0 Å². The number of sulfonamides is 1. The SMILES string of the molecule is CC[C@H](C)NC(=O)[C@H](CC)N(Cc1c(Cl)cccc1Cl)C(=O)CN(c1cc(C)ccc1OC)S(=O)(=O)c1ccccc1. The van der Waals surface area contributed by atoms with Gasteiger partial charge in [-0.1, -0.05) is 67.4 Å². The Bertz CT molecular complexity index is 1480. The summed E-state index contributed by atoms with van der Waals surface area (Å²) < 4.78 is 34.7. The van der Waals surface area contributed by atoms with Gasteiger partial charge in [0.2, 0.25) is 11.8 Å². The summed E-state index contributed by atoms with van der Waals surface area (Å²) in [5.74, 6) is -0.690. The minimum atomic E-state index is -4.24. The van der Waals surface area contributed by atoms with Crippen LogP contribution >= 0.6 is 23.2 Å². The number of nitrogens with zero attached hydrogens (tertiary/aromatic N) is 2. The summed E-state index contributed by atoms with van der Waals surface area (Å²) >= 11 is 13.0. The van der Waals surface area contributed by atoms with Gasteiger partial charge in [-0.05, 0) is 68.7 Å². The van der Waals surface area contributed by atoms with E-state index in [4.69, 9.17) is 27.9 Å². The number of carbonyl (C=O) groups excluding carboxylic acids is 2. The highest BCUT2D eigenvalue weighted by Gasteiger charge is 2.35. The third-order valence-corrected chi connectivity index (χ3v) is 9.47. The highest BCUT2D eigenvalue weighted by atomic mass is 35.5. The molecule has 226 valence electrons. The molecule has 2 atom stereocenters. The molecule has 0 aromatic heterocycles. The van der Waals surface area contributed by atoms with E-state index in [1.807, 2.05) is 20.8 Å². The molecule has 0 saturated carbocycles. The van der Waals surface area contributed by atoms with Crippen molar-refractivity contribution in [2.24, 2.45) is 0 Å². The second-order valence-corrected chi connectivity index (χ2v) is 12.6. The van der Waals surface area contributed by atoms with Gasteiger partial charge in [0, 0.05) is 28.2 Å². The molecule has 2 amide bonds. The summed E-state index contributed by atoms with van der Waals surface area (Å²) in [4.78, 5) is 29.1. The Hall–Kier alpha value is -3.27. The molecule has 1 N–H and O–H groups in total. The summed E-state index contributed by atoms with van der Waals surface area (Å²) in [5.41, 5.74) is 1.42. The van der Waals surface area contributed by atoms with E-state index >= 15 is 0 Å². The van der Waals surface area contributed by atoms with Gasteiger partial charge in [-0.3, -0.25) is 13.9 Å². The maximum Gasteiger partial charge on any atom is 0.264 e. The molecule has 3 aromatic rings. The zero-order valence-corrected chi connectivity index (χ0v) is 26.8. The molecule has 0 radical (unpaired) electrons. The van der Waals surface area contributed by atoms with Crippen molar-refractivity contribution >= 4 is 50.7 Å². The molecule has 3 rings (SSSR count). The van der Waals surface area contributed by atoms with E-state index in [1.54, 1.807) is 61.5 Å². The van der Waals surface area contributed by atoms with Crippen LogP contribution in [0.3, 0.4) is 0 Å². The van der Waals surface area contributed by atoms with E-state index in [0.717, 1.165) is 9.87 Å². The molecule has 0 aliphatic rings. The minimum Gasteiger partial charge on any atom is -0.495 e. The van der Waals surface area contributed by atoms with Gasteiger partial charge < -0.3 is 15.0 Å². The van der Waals surface area contributed by atoms with E-state index in [-0.39, 0.29) is 41.2 Å². The van der Waals surface area contributed by atoms with Crippen molar-refractivity contribution in [3.8, 4) is 5.75 Å². The van der Waals surface area contributed by atoms with E-state index < -0.39 is 28.5 Å². The molecule has 0 bridgehead atoms. The van der Waals surface area contributed by atoms with Crippen molar-refractivity contribution in [2.75, 3.05) is 18.0 Å². The number of anilines is 1. The Morgan fingerprint density at radius 1 is 0.952 bits per heavy atom. The topological polar surface area (TPSA) is 96.0 Å². The number of rotatable bonds is 13. The Morgan fingerprint density at radius 2 is 1.60 bits per heavy atom. The number of ether oxygens (including phenoxy) is 1. The summed E-state index contributed by atoms with van der Waals surface area (Å²) in [6.45, 7) is 6.72. The molecule has 0 fully saturated rings. The lowest BCUT2D eigenvalue weighted by atomic mass is 10.1. The van der Waals surface area contributed by atoms with Crippen LogP contribution in [0.4, 0.5) is 5.69 Å². The smallest absolute Gasteiger partial charge is 0.264 e. The van der Waals surface area contributed by atoms with Crippen LogP contribution in [0, 0.1) is 6.92 Å². The minimum absolute atomic E-state index is 0.00335. The van der Waals surface area contributed by atoms with Crippen LogP contribution in [0.15, 0.2) is 71.6 Å². The van der Waals surface area contributed by atoms with Gasteiger partial charge in [0.05, 0.1) is 17.7 Å². The van der Waals surface area contributed by atoms with Crippen molar-refractivity contribution in [1.29, 1.82) is 0 Å². The summed E-state index contributed by atoms with van der Waals surface area (Å²) in [6.07, 6.45) is 0.970. The number of carbonyl (C=O) groups is 2. The highest BCUT2D eigenvalue weighted by molar-refractivity contribution is 7.92. The number of methoxy groups -OCH3 is 1. The normalized spacial score (nSPS) is 12.7. The fourth-order valence-corrected chi connectivity index (χ4v) is 6.40. The molecule has 0 aliphatic carbocycles. The van der Waals surface area contributed by atoms with Crippen molar-refractivity contribution in [3.63, 3.8) is 0 Å². The molecule has 11 heteroatoms. The fraction of sp³-hybridized carbons (Fsp3) is 0.355. The first kappa shape index (κ1) is 33.2. The molecular formula is C31H37Cl2N3O5S. The number of hydrogen-bond donors (Lipinski definition) is 1. The number of halogens is 2. The van der Waals surface area contributed by atoms with Gasteiger partial charge in [-0.25, -0.2) is 8.42 Å². The molecule has 0 unspecified atom stereocenters. The van der Waals surface area contributed by atoms with Crippen molar-refractivity contribution in [1.82, 2.24) is 10.2 Å². The Balaban J connectivity index is 2.16. The fourth-order valence-electron chi connectivity index (χ4n) is 4.44. The summed E-state index contributed by atoms with van der Waals surface area (Å²) in [7, 11) is -2.81. The maximum absolute atomic E-state index is 14.3. The quantitative estimate of drug-likeness (QED) is 0.241. The van der Waals surface area contributed by atoms with Gasteiger partial charge in [-0.15, -0.1) is 0 Å². The average molecular weight is 635 g/mol. The van der Waals surface area contributed by atoms with Gasteiger partial charge in [-0.2, -0.15) is 0 Å². The molecule has 0 spiro atoms. The van der Waals surface area contributed by atoms with E-state index in [9.17, 15) is 18.0 Å². The number of nitrogens with one attached hydrogen (secondary N) is 1. The second kappa shape index (κ2) is 14.8. The number of benzene rings is 3. The zero-order chi connectivity index (χ0) is 31.0. The lowest BCUT2D eigenvalue weighted by Crippen LogP contribution is -2.53. The zero-order valence-electron chi connectivity index (χ0n) is 24.4. The third-order valence-electron chi connectivity index (χ3n) is 6.99. The van der Waals surface area contributed by atoms with Gasteiger partial charge in [0.15, 0.2) is 0 Å². The van der Waals surface area contributed by atoms with Gasteiger partial charge in [0.25, 0.3) is 10.0 Å². The standard InChI is InChI=1S/C31H37Cl2N3O5S/c1-6-22(4)34-31(38)27(7-2)35(19-24-25(32)14-11-15-26(24)33)30(37)20-36(28-18-21(3)16-17-29(28)41-5)42(39,40)23-12-9-8-10-13-23/h8-18,22,27H,6-7,19-20H2,1-5H3,(H,34,38)/t22-,27-/m0/s1. The van der Waals surface area contributed by atoms with Crippen LogP contribution < -0.4 is 14.4 Å². The number of hydrogen-bond acceptors (Lipinski definition) is 5. The molecule has 8 nitrogen and oxygen atoms in total. The molecule has 42 heavy (non-hydrogen) atoms. The summed E-state index contributed by atoms with van der Waals surface area (Å²) in [6, 6.07) is 16.9. The monoisotopic (exact) mass is 633 g/mol. The highest BCUT2D eigenvalue weighted by Crippen LogP contribution is 2.34. The van der Waals surface area contributed by atoms with Crippen LogP contribution in [0.5, 0.6) is 5.75 Å². The van der Waals surface area contributed by atoms with Crippen molar-refractivity contribution in [2.45, 2.75) is 64.1 Å². The van der Waals surface area contributed by atoms with Gasteiger partial charge in [0.1, 0.15) is 18.3 Å². The maximum atomic E-state index is 14.3. The van der Waals surface area contributed by atoms with Crippen LogP contribution in [-0.4, -0.2) is 50.9 Å². The van der Waals surface area contributed by atoms with E-state index in [0.29, 0.717) is 22.0 Å². The number of amides is 2. The Labute approximate surface area is 258 Å². The molecule has 0 saturated heterocycles. The lowest BCUT2D eigenvalue weighted by molar-refractivity contribution is -0.140. The predicted octanol–water partition coefficient (Wildman–Crippen LogP) is 6.23. The molecule has 3 aromatic carbocycles. The van der Waals surface area contributed by atoms with E-state index in [2.05, 4.69) is 5.32 Å². The number of aryl methyl sites for hydroxylation is 1. The Morgan fingerprint density at radius 3 is 2.17 bits per heavy atom. The van der Waals surface area contributed by atoms with Crippen molar-refractivity contribution in [3.05, 3.63) is 87.9 Å². The molecule has 0 aliphatic heterocycles. The largest absolute Gasteiger partial charge is 0.495 e. The van der Waals surface area contributed by atoms with Crippen molar-refractivity contribution < 1.29 is 22.7 Å². The van der Waals surface area contributed by atoms with E-state index in [1.165, 1.54) is 24.1 Å². The molecule has 0 heterocycles. The Kier molecular flexibility index (Phi) is 11.7. The second-order valence-electron chi connectivity index (χ2n) is 9.96. The first-order valence-electron chi connectivity index (χ1n) is 13.7. The first-order chi connectivity index (χ1) is 19.9. The van der Waals surface area contributed by atoms with Crippen LogP contribution in [-0.2, 0) is 26.2 Å². The third kappa shape index (κ3) is 7.76. The lowest BCUT2D eigenvalue weighted by Gasteiger charge is -2.34. The predicted molar refractivity (Wildman–Crippen MR) is 168 cm³/mol. The van der Waals surface area contributed by atoms with Gasteiger partial charge >= 0.3 is 0 Å².